The smallest absolute Gasteiger partial charge is 0.243 e. The van der Waals surface area contributed by atoms with Crippen LogP contribution in [0.4, 0.5) is 4.39 Å². The summed E-state index contributed by atoms with van der Waals surface area (Å²) >= 11 is 0. The Hall–Kier alpha value is -1.47. The molecule has 0 N–H and O–H groups in total. The number of hydrogen-bond acceptors (Lipinski definition) is 3. The van der Waals surface area contributed by atoms with Crippen molar-refractivity contribution in [3.63, 3.8) is 0 Å². The minimum Gasteiger partial charge on any atom is -0.340 e. The van der Waals surface area contributed by atoms with E-state index < -0.39 is 15.8 Å². The van der Waals surface area contributed by atoms with Crippen molar-refractivity contribution in [2.75, 3.05) is 26.2 Å². The Balaban J connectivity index is 2.09. The largest absolute Gasteiger partial charge is 0.340 e. The first-order valence-corrected chi connectivity index (χ1v) is 8.84. The molecule has 1 saturated heterocycles. The maximum absolute atomic E-state index is 13.3. The summed E-state index contributed by atoms with van der Waals surface area (Å²) < 4.78 is 39.8. The van der Waals surface area contributed by atoms with Gasteiger partial charge in [0.05, 0.1) is 4.90 Å². The molecule has 1 aromatic carbocycles. The maximum atomic E-state index is 13.3. The van der Waals surface area contributed by atoms with Crippen LogP contribution in [0.5, 0.6) is 0 Å². The Kier molecular flexibility index (Phi) is 5.18. The highest BCUT2D eigenvalue weighted by Crippen LogP contribution is 2.20. The molecule has 0 radical (unpaired) electrons. The van der Waals surface area contributed by atoms with Gasteiger partial charge in [0.25, 0.3) is 0 Å². The van der Waals surface area contributed by atoms with Crippen LogP contribution in [0.3, 0.4) is 0 Å². The van der Waals surface area contributed by atoms with E-state index >= 15 is 0 Å². The normalized spacial score (nSPS) is 16.8. The molecule has 1 amide bonds. The van der Waals surface area contributed by atoms with E-state index in [4.69, 9.17) is 0 Å². The van der Waals surface area contributed by atoms with Gasteiger partial charge in [-0.1, -0.05) is 6.92 Å². The fourth-order valence-electron chi connectivity index (χ4n) is 2.48. The average molecular weight is 328 g/mol. The molecule has 0 aromatic heterocycles. The van der Waals surface area contributed by atoms with Crippen molar-refractivity contribution in [2.45, 2.75) is 31.6 Å². The number of halogens is 1. The Labute approximate surface area is 130 Å². The summed E-state index contributed by atoms with van der Waals surface area (Å²) in [6.07, 6.45) is 1.27. The second-order valence-electron chi connectivity index (χ2n) is 5.45. The summed E-state index contributed by atoms with van der Waals surface area (Å²) in [6, 6.07) is 3.80. The molecule has 1 aromatic rings. The van der Waals surface area contributed by atoms with Gasteiger partial charge in [-0.3, -0.25) is 4.79 Å². The molecule has 0 spiro atoms. The number of hydrogen-bond donors (Lipinski definition) is 0. The molecule has 1 aliphatic heterocycles. The first-order valence-electron chi connectivity index (χ1n) is 7.40. The summed E-state index contributed by atoms with van der Waals surface area (Å²) in [5.41, 5.74) is 0.304. The van der Waals surface area contributed by atoms with Gasteiger partial charge in [-0.15, -0.1) is 0 Å². The molecule has 122 valence electrons. The van der Waals surface area contributed by atoms with Crippen molar-refractivity contribution in [3.8, 4) is 0 Å². The first kappa shape index (κ1) is 16.9. The second kappa shape index (κ2) is 6.75. The molecular weight excluding hydrogens is 307 g/mol. The van der Waals surface area contributed by atoms with Gasteiger partial charge in [0, 0.05) is 32.6 Å². The lowest BCUT2D eigenvalue weighted by molar-refractivity contribution is -0.132. The number of nitrogens with zero attached hydrogens (tertiary/aromatic N) is 2. The highest BCUT2D eigenvalue weighted by atomic mass is 32.2. The van der Waals surface area contributed by atoms with E-state index in [0.717, 1.165) is 6.42 Å². The summed E-state index contributed by atoms with van der Waals surface area (Å²) in [5, 5.41) is 0. The van der Waals surface area contributed by atoms with Crippen LogP contribution in [0, 0.1) is 12.7 Å². The minimum atomic E-state index is -3.63. The van der Waals surface area contributed by atoms with Crippen LogP contribution in [0.25, 0.3) is 0 Å². The molecule has 22 heavy (non-hydrogen) atoms. The van der Waals surface area contributed by atoms with Crippen LogP contribution in [-0.2, 0) is 14.8 Å². The van der Waals surface area contributed by atoms with Crippen LogP contribution >= 0.6 is 0 Å². The number of carbonyl (C=O) groups excluding carboxylic acids is 1. The van der Waals surface area contributed by atoms with E-state index in [-0.39, 0.29) is 23.9 Å². The molecular formula is C15H21FN2O3S. The monoisotopic (exact) mass is 328 g/mol. The third kappa shape index (κ3) is 3.47. The van der Waals surface area contributed by atoms with Gasteiger partial charge in [0.15, 0.2) is 0 Å². The van der Waals surface area contributed by atoms with E-state index in [1.54, 1.807) is 4.90 Å². The van der Waals surface area contributed by atoms with Crippen molar-refractivity contribution in [3.05, 3.63) is 29.6 Å². The van der Waals surface area contributed by atoms with Crippen molar-refractivity contribution in [1.29, 1.82) is 0 Å². The van der Waals surface area contributed by atoms with Crippen LogP contribution < -0.4 is 0 Å². The molecule has 0 unspecified atom stereocenters. The molecule has 0 aliphatic carbocycles. The third-order valence-electron chi connectivity index (χ3n) is 3.82. The van der Waals surface area contributed by atoms with Crippen LogP contribution in [0.2, 0.25) is 0 Å². The fourth-order valence-corrected chi connectivity index (χ4v) is 3.98. The summed E-state index contributed by atoms with van der Waals surface area (Å²) in [6.45, 7) is 4.82. The quantitative estimate of drug-likeness (QED) is 0.846. The number of benzene rings is 1. The van der Waals surface area contributed by atoms with E-state index in [9.17, 15) is 17.6 Å². The average Bonchev–Trinajstić information content (AvgIpc) is 2.50. The second-order valence-corrected chi connectivity index (χ2v) is 7.38. The zero-order chi connectivity index (χ0) is 16.3. The van der Waals surface area contributed by atoms with E-state index in [1.807, 2.05) is 6.92 Å². The van der Waals surface area contributed by atoms with Gasteiger partial charge in [0.2, 0.25) is 15.9 Å². The van der Waals surface area contributed by atoms with Crippen molar-refractivity contribution >= 4 is 15.9 Å². The third-order valence-corrected chi connectivity index (χ3v) is 5.72. The lowest BCUT2D eigenvalue weighted by atomic mass is 10.2. The Morgan fingerprint density at radius 3 is 2.41 bits per heavy atom. The van der Waals surface area contributed by atoms with Gasteiger partial charge in [-0.2, -0.15) is 4.31 Å². The van der Waals surface area contributed by atoms with Crippen molar-refractivity contribution in [2.24, 2.45) is 0 Å². The molecule has 0 saturated carbocycles. The number of piperazine rings is 1. The number of aryl methyl sites for hydroxylation is 1. The number of sulfonamides is 1. The van der Waals surface area contributed by atoms with Crippen LogP contribution in [0.15, 0.2) is 23.1 Å². The van der Waals surface area contributed by atoms with Gasteiger partial charge in [-0.05, 0) is 37.1 Å². The molecule has 7 heteroatoms. The topological polar surface area (TPSA) is 57.7 Å². The Bertz CT molecular complexity index is 653. The van der Waals surface area contributed by atoms with Gasteiger partial charge >= 0.3 is 0 Å². The lowest BCUT2D eigenvalue weighted by Gasteiger charge is -2.34. The number of carbonyl (C=O) groups is 1. The van der Waals surface area contributed by atoms with Crippen LogP contribution in [-0.4, -0.2) is 49.7 Å². The predicted molar refractivity (Wildman–Crippen MR) is 81.4 cm³/mol. The lowest BCUT2D eigenvalue weighted by Crippen LogP contribution is -2.50. The zero-order valence-corrected chi connectivity index (χ0v) is 13.7. The molecule has 1 heterocycles. The Morgan fingerprint density at radius 2 is 1.86 bits per heavy atom. The van der Waals surface area contributed by atoms with Gasteiger partial charge < -0.3 is 4.90 Å². The fraction of sp³-hybridized carbons (Fsp3) is 0.533. The van der Waals surface area contributed by atoms with Gasteiger partial charge in [0.1, 0.15) is 5.82 Å². The molecule has 1 aliphatic rings. The van der Waals surface area contributed by atoms with Crippen molar-refractivity contribution < 1.29 is 17.6 Å². The Morgan fingerprint density at radius 1 is 1.23 bits per heavy atom. The van der Waals surface area contributed by atoms with E-state index in [1.165, 1.54) is 29.4 Å². The van der Waals surface area contributed by atoms with E-state index in [2.05, 4.69) is 0 Å². The van der Waals surface area contributed by atoms with Gasteiger partial charge in [-0.25, -0.2) is 12.8 Å². The summed E-state index contributed by atoms with van der Waals surface area (Å²) in [4.78, 5) is 13.6. The molecule has 0 atom stereocenters. The molecule has 1 fully saturated rings. The summed E-state index contributed by atoms with van der Waals surface area (Å²) in [7, 11) is -3.63. The SMILES string of the molecule is CCCC(=O)N1CCN(S(=O)(=O)c2ccc(F)c(C)c2)CC1. The van der Waals surface area contributed by atoms with E-state index in [0.29, 0.717) is 25.1 Å². The van der Waals surface area contributed by atoms with Crippen molar-refractivity contribution in [1.82, 2.24) is 9.21 Å². The molecule has 0 bridgehead atoms. The standard InChI is InChI=1S/C15H21FN2O3S/c1-3-4-15(19)17-7-9-18(10-8-17)22(20,21)13-5-6-14(16)12(2)11-13/h5-6,11H,3-4,7-10H2,1-2H3. The number of amides is 1. The number of rotatable bonds is 4. The summed E-state index contributed by atoms with van der Waals surface area (Å²) in [5.74, 6) is -0.355. The minimum absolute atomic E-state index is 0.0668. The molecule has 2 rings (SSSR count). The van der Waals surface area contributed by atoms with Crippen LogP contribution in [0.1, 0.15) is 25.3 Å². The maximum Gasteiger partial charge on any atom is 0.243 e. The zero-order valence-electron chi connectivity index (χ0n) is 12.9. The predicted octanol–water partition coefficient (Wildman–Crippen LogP) is 1.77. The highest BCUT2D eigenvalue weighted by molar-refractivity contribution is 7.89. The highest BCUT2D eigenvalue weighted by Gasteiger charge is 2.30. The molecule has 5 nitrogen and oxygen atoms in total. The first-order chi connectivity index (χ1) is 10.4.